The van der Waals surface area contributed by atoms with E-state index in [1.54, 1.807) is 24.3 Å². The van der Waals surface area contributed by atoms with Gasteiger partial charge in [0.15, 0.2) is 0 Å². The van der Waals surface area contributed by atoms with E-state index in [4.69, 9.17) is 16.3 Å². The zero-order valence-corrected chi connectivity index (χ0v) is 21.3. The molecule has 9 nitrogen and oxygen atoms in total. The number of methoxy groups -OCH3 is 1. The summed E-state index contributed by atoms with van der Waals surface area (Å²) in [6.07, 6.45) is 1.88. The summed E-state index contributed by atoms with van der Waals surface area (Å²) in [5.41, 5.74) is 0.696. The van der Waals surface area contributed by atoms with Crippen molar-refractivity contribution in [1.82, 2.24) is 20.9 Å². The van der Waals surface area contributed by atoms with Crippen molar-refractivity contribution in [2.45, 2.75) is 58.5 Å². The number of fused-ring (bicyclic) bond motifs is 1. The van der Waals surface area contributed by atoms with Gasteiger partial charge in [0.25, 0.3) is 5.91 Å². The summed E-state index contributed by atoms with van der Waals surface area (Å²) in [6, 6.07) is 5.02. The Kier molecular flexibility index (Phi) is 8.43. The molecule has 1 aliphatic rings. The van der Waals surface area contributed by atoms with E-state index < -0.39 is 35.8 Å². The van der Waals surface area contributed by atoms with Crippen LogP contribution in [0.2, 0.25) is 5.02 Å². The highest BCUT2D eigenvalue weighted by Crippen LogP contribution is 2.24. The summed E-state index contributed by atoms with van der Waals surface area (Å²) in [6.45, 7) is 6.46. The third kappa shape index (κ3) is 7.21. The maximum atomic E-state index is 13.3. The van der Waals surface area contributed by atoms with Gasteiger partial charge in [-0.25, -0.2) is 4.79 Å². The highest BCUT2D eigenvalue weighted by molar-refractivity contribution is 6.31. The lowest BCUT2D eigenvalue weighted by Crippen LogP contribution is -2.54. The van der Waals surface area contributed by atoms with E-state index in [1.165, 1.54) is 7.11 Å². The number of benzene rings is 1. The summed E-state index contributed by atoms with van der Waals surface area (Å²) >= 11 is 6.03. The maximum Gasteiger partial charge on any atom is 0.328 e. The lowest BCUT2D eigenvalue weighted by Gasteiger charge is -2.29. The Balaban J connectivity index is 1.77. The number of hydrogen-bond acceptors (Lipinski definition) is 5. The third-order valence-electron chi connectivity index (χ3n) is 5.99. The molecule has 2 aromatic rings. The number of halogens is 1. The Bertz CT molecular complexity index is 1110. The summed E-state index contributed by atoms with van der Waals surface area (Å²) in [7, 11) is 1.24. The standard InChI is InChI=1S/C25H33ClN4O5/c1-25(2,3)13-20(30-22(32)18-10-14-7-8-16(26)12-17(14)28-18)23(33)29-19(24(34)35-4)11-15-6-5-9-27-21(15)31/h7-8,10,12,15,19-20,28H,5-6,9,11,13H2,1-4H3,(H,27,31)(H,29,33)(H,30,32)/t15-,19?,20?/m0/s1. The van der Waals surface area contributed by atoms with Crippen LogP contribution in [-0.2, 0) is 19.1 Å². The van der Waals surface area contributed by atoms with Crippen LogP contribution in [0.15, 0.2) is 24.3 Å². The first-order valence-corrected chi connectivity index (χ1v) is 12.1. The summed E-state index contributed by atoms with van der Waals surface area (Å²) in [5.74, 6) is -2.15. The number of carbonyl (C=O) groups excluding carboxylic acids is 4. The minimum Gasteiger partial charge on any atom is -0.467 e. The van der Waals surface area contributed by atoms with Crippen LogP contribution in [0.1, 0.15) is 56.9 Å². The fraction of sp³-hybridized carbons (Fsp3) is 0.520. The Morgan fingerprint density at radius 2 is 1.91 bits per heavy atom. The number of piperidine rings is 1. The molecule has 0 radical (unpaired) electrons. The average molecular weight is 505 g/mol. The molecule has 1 aromatic carbocycles. The molecule has 3 atom stereocenters. The molecular weight excluding hydrogens is 472 g/mol. The Labute approximate surface area is 209 Å². The Morgan fingerprint density at radius 3 is 2.57 bits per heavy atom. The van der Waals surface area contributed by atoms with Crippen molar-refractivity contribution in [1.29, 1.82) is 0 Å². The molecule has 1 saturated heterocycles. The van der Waals surface area contributed by atoms with Gasteiger partial charge in [-0.1, -0.05) is 38.4 Å². The zero-order chi connectivity index (χ0) is 25.8. The number of aromatic amines is 1. The fourth-order valence-corrected chi connectivity index (χ4v) is 4.42. The maximum absolute atomic E-state index is 13.3. The number of esters is 1. The van der Waals surface area contributed by atoms with Gasteiger partial charge in [0.1, 0.15) is 17.8 Å². The normalized spacial score (nSPS) is 17.9. The van der Waals surface area contributed by atoms with Crippen LogP contribution < -0.4 is 16.0 Å². The van der Waals surface area contributed by atoms with E-state index in [1.807, 2.05) is 20.8 Å². The molecule has 4 N–H and O–H groups in total. The van der Waals surface area contributed by atoms with E-state index in [-0.39, 0.29) is 23.4 Å². The molecule has 10 heteroatoms. The van der Waals surface area contributed by atoms with Gasteiger partial charge in [-0.3, -0.25) is 14.4 Å². The van der Waals surface area contributed by atoms with Crippen LogP contribution >= 0.6 is 11.6 Å². The molecular formula is C25H33ClN4O5. The van der Waals surface area contributed by atoms with Crippen LogP contribution in [0, 0.1) is 11.3 Å². The average Bonchev–Trinajstić information content (AvgIpc) is 3.21. The van der Waals surface area contributed by atoms with Gasteiger partial charge < -0.3 is 25.7 Å². The first kappa shape index (κ1) is 26.5. The van der Waals surface area contributed by atoms with Crippen LogP contribution in [-0.4, -0.2) is 54.4 Å². The molecule has 0 bridgehead atoms. The van der Waals surface area contributed by atoms with E-state index in [0.717, 1.165) is 11.8 Å². The molecule has 3 rings (SSSR count). The predicted octanol–water partition coefficient (Wildman–Crippen LogP) is 2.93. The first-order chi connectivity index (χ1) is 16.5. The highest BCUT2D eigenvalue weighted by atomic mass is 35.5. The number of hydrogen-bond donors (Lipinski definition) is 4. The monoisotopic (exact) mass is 504 g/mol. The van der Waals surface area contributed by atoms with Crippen molar-refractivity contribution < 1.29 is 23.9 Å². The molecule has 1 aliphatic heterocycles. The molecule has 1 fully saturated rings. The van der Waals surface area contributed by atoms with Crippen molar-refractivity contribution in [2.24, 2.45) is 11.3 Å². The highest BCUT2D eigenvalue weighted by Gasteiger charge is 2.34. The summed E-state index contributed by atoms with van der Waals surface area (Å²) in [5, 5.41) is 9.65. The van der Waals surface area contributed by atoms with Gasteiger partial charge in [0.05, 0.1) is 7.11 Å². The second kappa shape index (κ2) is 11.1. The molecule has 2 unspecified atom stereocenters. The Hall–Kier alpha value is -3.07. The summed E-state index contributed by atoms with van der Waals surface area (Å²) < 4.78 is 4.88. The van der Waals surface area contributed by atoms with Gasteiger partial charge in [-0.2, -0.15) is 0 Å². The number of ether oxygens (including phenoxy) is 1. The quantitative estimate of drug-likeness (QED) is 0.411. The molecule has 0 aliphatic carbocycles. The zero-order valence-electron chi connectivity index (χ0n) is 20.5. The van der Waals surface area contributed by atoms with E-state index in [9.17, 15) is 19.2 Å². The van der Waals surface area contributed by atoms with Gasteiger partial charge in [0.2, 0.25) is 11.8 Å². The lowest BCUT2D eigenvalue weighted by molar-refractivity contribution is -0.146. The topological polar surface area (TPSA) is 129 Å². The number of nitrogens with one attached hydrogen (secondary N) is 4. The number of amides is 3. The van der Waals surface area contributed by atoms with Crippen LogP contribution in [0.25, 0.3) is 10.9 Å². The smallest absolute Gasteiger partial charge is 0.328 e. The van der Waals surface area contributed by atoms with Crippen LogP contribution in [0.3, 0.4) is 0 Å². The minimum absolute atomic E-state index is 0.128. The molecule has 0 saturated carbocycles. The third-order valence-corrected chi connectivity index (χ3v) is 6.22. The largest absolute Gasteiger partial charge is 0.467 e. The van der Waals surface area contributed by atoms with Crippen LogP contribution in [0.5, 0.6) is 0 Å². The first-order valence-electron chi connectivity index (χ1n) is 11.7. The number of rotatable bonds is 8. The molecule has 1 aromatic heterocycles. The van der Waals surface area contributed by atoms with Crippen molar-refractivity contribution in [2.75, 3.05) is 13.7 Å². The molecule has 0 spiro atoms. The van der Waals surface area contributed by atoms with Gasteiger partial charge >= 0.3 is 5.97 Å². The SMILES string of the molecule is COC(=O)C(C[C@@H]1CCCNC1=O)NC(=O)C(CC(C)(C)C)NC(=O)c1cc2ccc(Cl)cc2[nH]1. The number of carbonyl (C=O) groups is 4. The van der Waals surface area contributed by atoms with E-state index >= 15 is 0 Å². The second-order valence-electron chi connectivity index (χ2n) is 10.2. The predicted molar refractivity (Wildman–Crippen MR) is 133 cm³/mol. The van der Waals surface area contributed by atoms with Gasteiger partial charge in [0, 0.05) is 28.4 Å². The van der Waals surface area contributed by atoms with E-state index in [2.05, 4.69) is 20.9 Å². The van der Waals surface area contributed by atoms with E-state index in [0.29, 0.717) is 29.9 Å². The molecule has 3 amide bonds. The summed E-state index contributed by atoms with van der Waals surface area (Å²) in [4.78, 5) is 54.0. The van der Waals surface area contributed by atoms with Crippen molar-refractivity contribution >= 4 is 46.2 Å². The van der Waals surface area contributed by atoms with Crippen molar-refractivity contribution in [3.63, 3.8) is 0 Å². The number of H-pyrrole nitrogens is 1. The second-order valence-corrected chi connectivity index (χ2v) is 10.6. The van der Waals surface area contributed by atoms with Gasteiger partial charge in [-0.15, -0.1) is 0 Å². The van der Waals surface area contributed by atoms with Crippen molar-refractivity contribution in [3.05, 3.63) is 35.0 Å². The number of aromatic nitrogens is 1. The molecule has 35 heavy (non-hydrogen) atoms. The Morgan fingerprint density at radius 1 is 1.17 bits per heavy atom. The van der Waals surface area contributed by atoms with Gasteiger partial charge in [-0.05, 0) is 49.3 Å². The van der Waals surface area contributed by atoms with Crippen LogP contribution in [0.4, 0.5) is 0 Å². The molecule has 2 heterocycles. The fourth-order valence-electron chi connectivity index (χ4n) is 4.25. The lowest BCUT2D eigenvalue weighted by atomic mass is 9.87. The van der Waals surface area contributed by atoms with Crippen molar-refractivity contribution in [3.8, 4) is 0 Å². The minimum atomic E-state index is -1.00. The molecule has 190 valence electrons.